The van der Waals surface area contributed by atoms with Gasteiger partial charge in [-0.2, -0.15) is 0 Å². The van der Waals surface area contributed by atoms with Crippen LogP contribution in [0, 0.1) is 17.0 Å². The highest BCUT2D eigenvalue weighted by molar-refractivity contribution is 8.14. The summed E-state index contributed by atoms with van der Waals surface area (Å²) in [5, 5.41) is 11.9. The van der Waals surface area contributed by atoms with Crippen LogP contribution in [0.5, 0.6) is 0 Å². The lowest BCUT2D eigenvalue weighted by atomic mass is 10.1. The molecule has 1 saturated heterocycles. The van der Waals surface area contributed by atoms with Crippen LogP contribution in [0.1, 0.15) is 37.7 Å². The van der Waals surface area contributed by atoms with Gasteiger partial charge in [-0.05, 0) is 37.8 Å². The van der Waals surface area contributed by atoms with Crippen molar-refractivity contribution in [3.63, 3.8) is 0 Å². The summed E-state index contributed by atoms with van der Waals surface area (Å²) in [6, 6.07) is 4.85. The number of nitro benzene ring substituents is 1. The molecular formula is C18H25N3O2S. The number of hydrogen-bond acceptors (Lipinski definition) is 4. The lowest BCUT2D eigenvalue weighted by Gasteiger charge is -2.18. The van der Waals surface area contributed by atoms with E-state index in [1.165, 1.54) is 31.7 Å². The summed E-state index contributed by atoms with van der Waals surface area (Å²) in [5.41, 5.74) is 1.78. The highest BCUT2D eigenvalue weighted by atomic mass is 32.2. The molecule has 5 nitrogen and oxygen atoms in total. The quantitative estimate of drug-likeness (QED) is 0.271. The number of amidine groups is 1. The first-order valence-electron chi connectivity index (χ1n) is 8.44. The number of rotatable bonds is 9. The van der Waals surface area contributed by atoms with E-state index >= 15 is 0 Å². The molecule has 1 heterocycles. The number of hydrogen-bond donors (Lipinski definition) is 0. The molecule has 0 radical (unpaired) electrons. The van der Waals surface area contributed by atoms with Crippen molar-refractivity contribution in [1.29, 1.82) is 0 Å². The zero-order valence-electron chi connectivity index (χ0n) is 14.2. The molecule has 1 aliphatic heterocycles. The van der Waals surface area contributed by atoms with Crippen molar-refractivity contribution in [3.8, 4) is 0 Å². The second-order valence-corrected chi connectivity index (χ2v) is 7.01. The molecule has 1 fully saturated rings. The van der Waals surface area contributed by atoms with Crippen LogP contribution in [0.4, 0.5) is 11.4 Å². The molecule has 0 spiro atoms. The van der Waals surface area contributed by atoms with Gasteiger partial charge in [0, 0.05) is 31.0 Å². The van der Waals surface area contributed by atoms with Crippen LogP contribution < -0.4 is 0 Å². The number of unbranched alkanes of at least 4 members (excludes halogenated alkanes) is 4. The normalized spacial score (nSPS) is 15.9. The average Bonchev–Trinajstić information content (AvgIpc) is 2.99. The van der Waals surface area contributed by atoms with Crippen LogP contribution in [0.15, 0.2) is 35.8 Å². The maximum atomic E-state index is 10.8. The summed E-state index contributed by atoms with van der Waals surface area (Å²) < 4.78 is 0. The van der Waals surface area contributed by atoms with Crippen molar-refractivity contribution in [2.75, 3.05) is 18.8 Å². The van der Waals surface area contributed by atoms with E-state index in [0.29, 0.717) is 0 Å². The van der Waals surface area contributed by atoms with Gasteiger partial charge in [-0.1, -0.05) is 30.7 Å². The van der Waals surface area contributed by atoms with Gasteiger partial charge in [0.05, 0.1) is 10.6 Å². The molecule has 0 aromatic heterocycles. The number of nitrogens with zero attached hydrogens (tertiary/aromatic N) is 3. The predicted molar refractivity (Wildman–Crippen MR) is 102 cm³/mol. The van der Waals surface area contributed by atoms with E-state index in [4.69, 9.17) is 4.99 Å². The van der Waals surface area contributed by atoms with Gasteiger partial charge in [-0.25, -0.2) is 4.99 Å². The largest absolute Gasteiger partial charge is 0.350 e. The first-order valence-corrected chi connectivity index (χ1v) is 9.42. The van der Waals surface area contributed by atoms with Crippen molar-refractivity contribution >= 4 is 28.3 Å². The molecule has 6 heteroatoms. The van der Waals surface area contributed by atoms with E-state index in [0.717, 1.165) is 41.7 Å². The molecule has 24 heavy (non-hydrogen) atoms. The summed E-state index contributed by atoms with van der Waals surface area (Å²) >= 11 is 1.77. The Bertz CT molecular complexity index is 616. The molecule has 0 saturated carbocycles. The summed E-state index contributed by atoms with van der Waals surface area (Å²) in [5.74, 6) is 1.06. The Balaban J connectivity index is 1.93. The third-order valence-corrected chi connectivity index (χ3v) is 5.05. The number of thioether (sulfide) groups is 1. The lowest BCUT2D eigenvalue weighted by molar-refractivity contribution is -0.384. The van der Waals surface area contributed by atoms with Crippen molar-refractivity contribution in [2.24, 2.45) is 4.99 Å². The summed E-state index contributed by atoms with van der Waals surface area (Å²) in [7, 11) is 0. The smallest absolute Gasteiger partial charge is 0.269 e. The van der Waals surface area contributed by atoms with Crippen LogP contribution in [-0.4, -0.2) is 33.8 Å². The Labute approximate surface area is 148 Å². The number of nitro groups is 1. The van der Waals surface area contributed by atoms with Gasteiger partial charge in [-0.3, -0.25) is 10.1 Å². The van der Waals surface area contributed by atoms with Crippen LogP contribution in [0.2, 0.25) is 0 Å². The molecule has 0 aliphatic carbocycles. The molecule has 1 aromatic rings. The fraction of sp³-hybridized carbons (Fsp3) is 0.500. The fourth-order valence-corrected chi connectivity index (χ4v) is 3.69. The molecule has 0 amide bonds. The SMILES string of the molecule is C=CCCCCCCN1CCSC1=Nc1ccc([N+](=O)[O-])cc1C. The van der Waals surface area contributed by atoms with Crippen molar-refractivity contribution in [3.05, 3.63) is 46.5 Å². The van der Waals surface area contributed by atoms with E-state index in [1.54, 1.807) is 23.9 Å². The van der Waals surface area contributed by atoms with Gasteiger partial charge in [0.2, 0.25) is 0 Å². The maximum Gasteiger partial charge on any atom is 0.269 e. The Kier molecular flexibility index (Phi) is 7.31. The zero-order valence-corrected chi connectivity index (χ0v) is 15.1. The number of aryl methyl sites for hydroxylation is 1. The second kappa shape index (κ2) is 9.47. The standard InChI is InChI=1S/C18H25N3O2S/c1-3-4-5-6-7-8-11-20-12-13-24-18(20)19-17-10-9-16(21(22)23)14-15(17)2/h3,9-10,14H,1,4-8,11-13H2,2H3. The van der Waals surface area contributed by atoms with E-state index in [1.807, 2.05) is 13.0 Å². The zero-order chi connectivity index (χ0) is 17.4. The molecule has 0 bridgehead atoms. The van der Waals surface area contributed by atoms with E-state index in [2.05, 4.69) is 11.5 Å². The first kappa shape index (κ1) is 18.5. The first-order chi connectivity index (χ1) is 11.6. The lowest BCUT2D eigenvalue weighted by Crippen LogP contribution is -2.25. The van der Waals surface area contributed by atoms with Crippen LogP contribution in [0.3, 0.4) is 0 Å². The second-order valence-electron chi connectivity index (χ2n) is 5.95. The summed E-state index contributed by atoms with van der Waals surface area (Å²) in [6.07, 6.45) is 7.97. The third-order valence-electron chi connectivity index (χ3n) is 4.06. The van der Waals surface area contributed by atoms with E-state index in [-0.39, 0.29) is 10.6 Å². The molecule has 0 unspecified atom stereocenters. The molecular weight excluding hydrogens is 322 g/mol. The molecule has 1 aromatic carbocycles. The molecule has 2 rings (SSSR count). The van der Waals surface area contributed by atoms with Crippen LogP contribution >= 0.6 is 11.8 Å². The van der Waals surface area contributed by atoms with E-state index < -0.39 is 0 Å². The molecule has 1 aliphatic rings. The Morgan fingerprint density at radius 3 is 2.88 bits per heavy atom. The van der Waals surface area contributed by atoms with Gasteiger partial charge in [0.1, 0.15) is 0 Å². The minimum absolute atomic E-state index is 0.118. The van der Waals surface area contributed by atoms with Crippen LogP contribution in [0.25, 0.3) is 0 Å². The monoisotopic (exact) mass is 347 g/mol. The average molecular weight is 347 g/mol. The maximum absolute atomic E-state index is 10.8. The highest BCUT2D eigenvalue weighted by Crippen LogP contribution is 2.28. The van der Waals surface area contributed by atoms with Crippen LogP contribution in [-0.2, 0) is 0 Å². The van der Waals surface area contributed by atoms with Gasteiger partial charge in [0.25, 0.3) is 5.69 Å². The van der Waals surface area contributed by atoms with Crippen molar-refractivity contribution in [1.82, 2.24) is 4.90 Å². The summed E-state index contributed by atoms with van der Waals surface area (Å²) in [4.78, 5) is 17.5. The van der Waals surface area contributed by atoms with Gasteiger partial charge in [-0.15, -0.1) is 6.58 Å². The van der Waals surface area contributed by atoms with Gasteiger partial charge >= 0.3 is 0 Å². The Morgan fingerprint density at radius 1 is 1.38 bits per heavy atom. The summed E-state index contributed by atoms with van der Waals surface area (Å²) in [6.45, 7) is 7.68. The van der Waals surface area contributed by atoms with Gasteiger partial charge in [0.15, 0.2) is 5.17 Å². The number of benzene rings is 1. The van der Waals surface area contributed by atoms with Crippen molar-refractivity contribution < 1.29 is 4.92 Å². The number of allylic oxidation sites excluding steroid dienone is 1. The minimum atomic E-state index is -0.368. The van der Waals surface area contributed by atoms with Gasteiger partial charge < -0.3 is 4.90 Å². The molecule has 0 atom stereocenters. The minimum Gasteiger partial charge on any atom is -0.350 e. The number of aliphatic imine (C=N–C) groups is 1. The molecule has 130 valence electrons. The van der Waals surface area contributed by atoms with E-state index in [9.17, 15) is 10.1 Å². The number of non-ortho nitro benzene ring substituents is 1. The highest BCUT2D eigenvalue weighted by Gasteiger charge is 2.19. The third kappa shape index (κ3) is 5.37. The fourth-order valence-electron chi connectivity index (χ4n) is 2.67. The topological polar surface area (TPSA) is 58.7 Å². The molecule has 0 N–H and O–H groups in total. The Morgan fingerprint density at radius 2 is 2.17 bits per heavy atom. The van der Waals surface area contributed by atoms with Crippen molar-refractivity contribution in [2.45, 2.75) is 39.0 Å². The predicted octanol–water partition coefficient (Wildman–Crippen LogP) is 5.08. The Hall–Kier alpha value is -1.82.